The van der Waals surface area contributed by atoms with E-state index in [-0.39, 0.29) is 6.04 Å². The average Bonchev–Trinajstić information content (AvgIpc) is 2.80. The SMILES string of the molecule is NC(CNC1CCCC1)c1cccnc1. The first-order valence-electron chi connectivity index (χ1n) is 5.75. The predicted octanol–water partition coefficient (Wildman–Crippen LogP) is 1.61. The van der Waals surface area contributed by atoms with Gasteiger partial charge in [-0.05, 0) is 24.5 Å². The molecule has 0 bridgehead atoms. The zero-order valence-corrected chi connectivity index (χ0v) is 9.02. The molecule has 1 fully saturated rings. The van der Waals surface area contributed by atoms with Gasteiger partial charge in [0.15, 0.2) is 0 Å². The van der Waals surface area contributed by atoms with Gasteiger partial charge in [0.05, 0.1) is 0 Å². The fourth-order valence-electron chi connectivity index (χ4n) is 2.14. The third-order valence-corrected chi connectivity index (χ3v) is 3.09. The highest BCUT2D eigenvalue weighted by Gasteiger charge is 2.15. The van der Waals surface area contributed by atoms with Crippen LogP contribution in [0.1, 0.15) is 37.3 Å². The number of nitrogens with two attached hydrogens (primary N) is 1. The van der Waals surface area contributed by atoms with Gasteiger partial charge in [-0.25, -0.2) is 0 Å². The zero-order chi connectivity index (χ0) is 10.5. The topological polar surface area (TPSA) is 50.9 Å². The molecule has 0 spiro atoms. The molecule has 0 saturated heterocycles. The molecule has 1 aliphatic carbocycles. The zero-order valence-electron chi connectivity index (χ0n) is 9.02. The smallest absolute Gasteiger partial charge is 0.0437 e. The molecule has 1 aromatic heterocycles. The van der Waals surface area contributed by atoms with E-state index in [1.54, 1.807) is 6.20 Å². The summed E-state index contributed by atoms with van der Waals surface area (Å²) < 4.78 is 0. The first-order valence-corrected chi connectivity index (χ1v) is 5.75. The van der Waals surface area contributed by atoms with E-state index in [9.17, 15) is 0 Å². The molecule has 1 heterocycles. The lowest BCUT2D eigenvalue weighted by Gasteiger charge is -2.16. The predicted molar refractivity (Wildman–Crippen MR) is 61.4 cm³/mol. The number of pyridine rings is 1. The second-order valence-electron chi connectivity index (χ2n) is 4.28. The van der Waals surface area contributed by atoms with Crippen LogP contribution in [-0.2, 0) is 0 Å². The van der Waals surface area contributed by atoms with E-state index < -0.39 is 0 Å². The second-order valence-corrected chi connectivity index (χ2v) is 4.28. The number of aromatic nitrogens is 1. The number of nitrogens with zero attached hydrogens (tertiary/aromatic N) is 1. The largest absolute Gasteiger partial charge is 0.323 e. The molecule has 3 nitrogen and oxygen atoms in total. The van der Waals surface area contributed by atoms with Gasteiger partial charge in [-0.15, -0.1) is 0 Å². The maximum Gasteiger partial charge on any atom is 0.0437 e. The number of hydrogen-bond acceptors (Lipinski definition) is 3. The lowest BCUT2D eigenvalue weighted by molar-refractivity contribution is 0.492. The normalized spacial score (nSPS) is 19.3. The minimum atomic E-state index is 0.0688. The van der Waals surface area contributed by atoms with Gasteiger partial charge in [0, 0.05) is 31.0 Å². The highest BCUT2D eigenvalue weighted by molar-refractivity contribution is 5.13. The Hall–Kier alpha value is -0.930. The van der Waals surface area contributed by atoms with Crippen LogP contribution < -0.4 is 11.1 Å². The van der Waals surface area contributed by atoms with Gasteiger partial charge in [-0.1, -0.05) is 18.9 Å². The average molecular weight is 205 g/mol. The first-order chi connectivity index (χ1) is 7.36. The van der Waals surface area contributed by atoms with Gasteiger partial charge in [-0.2, -0.15) is 0 Å². The van der Waals surface area contributed by atoms with E-state index >= 15 is 0 Å². The Labute approximate surface area is 91.1 Å². The van der Waals surface area contributed by atoms with Gasteiger partial charge in [0.1, 0.15) is 0 Å². The van der Waals surface area contributed by atoms with Crippen molar-refractivity contribution in [1.82, 2.24) is 10.3 Å². The van der Waals surface area contributed by atoms with Crippen molar-refractivity contribution in [3.8, 4) is 0 Å². The fourth-order valence-corrected chi connectivity index (χ4v) is 2.14. The van der Waals surface area contributed by atoms with Crippen molar-refractivity contribution in [3.63, 3.8) is 0 Å². The molecule has 1 saturated carbocycles. The first kappa shape index (κ1) is 10.6. The van der Waals surface area contributed by atoms with Crippen molar-refractivity contribution in [2.24, 2.45) is 5.73 Å². The molecule has 0 radical (unpaired) electrons. The van der Waals surface area contributed by atoms with E-state index in [0.29, 0.717) is 6.04 Å². The van der Waals surface area contributed by atoms with Crippen LogP contribution in [0.2, 0.25) is 0 Å². The maximum atomic E-state index is 6.07. The van der Waals surface area contributed by atoms with Gasteiger partial charge < -0.3 is 11.1 Å². The van der Waals surface area contributed by atoms with E-state index in [2.05, 4.69) is 10.3 Å². The minimum Gasteiger partial charge on any atom is -0.323 e. The molecule has 1 aromatic rings. The molecule has 3 N–H and O–H groups in total. The van der Waals surface area contributed by atoms with Gasteiger partial charge in [-0.3, -0.25) is 4.98 Å². The summed E-state index contributed by atoms with van der Waals surface area (Å²) in [7, 11) is 0. The van der Waals surface area contributed by atoms with E-state index in [1.807, 2.05) is 18.3 Å². The monoisotopic (exact) mass is 205 g/mol. The Bertz CT molecular complexity index is 280. The molecule has 2 rings (SSSR count). The van der Waals surface area contributed by atoms with Crippen LogP contribution in [-0.4, -0.2) is 17.6 Å². The molecule has 15 heavy (non-hydrogen) atoms. The van der Waals surface area contributed by atoms with Gasteiger partial charge in [0.2, 0.25) is 0 Å². The van der Waals surface area contributed by atoms with Crippen LogP contribution in [0.15, 0.2) is 24.5 Å². The van der Waals surface area contributed by atoms with Crippen molar-refractivity contribution in [3.05, 3.63) is 30.1 Å². The fraction of sp³-hybridized carbons (Fsp3) is 0.583. The number of nitrogens with one attached hydrogen (secondary N) is 1. The Morgan fingerprint density at radius 1 is 1.47 bits per heavy atom. The lowest BCUT2D eigenvalue weighted by atomic mass is 10.1. The maximum absolute atomic E-state index is 6.07. The quantitative estimate of drug-likeness (QED) is 0.785. The molecule has 1 unspecified atom stereocenters. The van der Waals surface area contributed by atoms with E-state index in [4.69, 9.17) is 5.73 Å². The van der Waals surface area contributed by atoms with Crippen LogP contribution in [0, 0.1) is 0 Å². The summed E-state index contributed by atoms with van der Waals surface area (Å²) in [5.74, 6) is 0. The summed E-state index contributed by atoms with van der Waals surface area (Å²) >= 11 is 0. The molecule has 1 atom stereocenters. The highest BCUT2D eigenvalue weighted by Crippen LogP contribution is 2.18. The molecular weight excluding hydrogens is 186 g/mol. The summed E-state index contributed by atoms with van der Waals surface area (Å²) in [6, 6.07) is 4.73. The van der Waals surface area contributed by atoms with Gasteiger partial charge >= 0.3 is 0 Å². The van der Waals surface area contributed by atoms with Crippen molar-refractivity contribution in [2.75, 3.05) is 6.54 Å². The molecule has 0 aromatic carbocycles. The third kappa shape index (κ3) is 3.01. The summed E-state index contributed by atoms with van der Waals surface area (Å²) in [6.45, 7) is 0.857. The summed E-state index contributed by atoms with van der Waals surface area (Å²) in [6.07, 6.45) is 8.96. The molecule has 0 aliphatic heterocycles. The number of hydrogen-bond donors (Lipinski definition) is 2. The van der Waals surface area contributed by atoms with Crippen LogP contribution in [0.3, 0.4) is 0 Å². The van der Waals surface area contributed by atoms with Crippen molar-refractivity contribution < 1.29 is 0 Å². The molecule has 1 aliphatic rings. The molecule has 82 valence electrons. The van der Waals surface area contributed by atoms with Crippen molar-refractivity contribution in [2.45, 2.75) is 37.8 Å². The Morgan fingerprint density at radius 3 is 2.93 bits per heavy atom. The Kier molecular flexibility index (Phi) is 3.69. The van der Waals surface area contributed by atoms with Crippen LogP contribution in [0.5, 0.6) is 0 Å². The molecular formula is C12H19N3. The minimum absolute atomic E-state index is 0.0688. The summed E-state index contributed by atoms with van der Waals surface area (Å²) in [4.78, 5) is 4.08. The Balaban J connectivity index is 1.79. The third-order valence-electron chi connectivity index (χ3n) is 3.09. The van der Waals surface area contributed by atoms with Crippen molar-refractivity contribution >= 4 is 0 Å². The Morgan fingerprint density at radius 2 is 2.27 bits per heavy atom. The molecule has 0 amide bonds. The molecule has 3 heteroatoms. The summed E-state index contributed by atoms with van der Waals surface area (Å²) in [5.41, 5.74) is 7.18. The second kappa shape index (κ2) is 5.24. The van der Waals surface area contributed by atoms with Crippen LogP contribution >= 0.6 is 0 Å². The lowest BCUT2D eigenvalue weighted by Crippen LogP contribution is -2.33. The van der Waals surface area contributed by atoms with Crippen molar-refractivity contribution in [1.29, 1.82) is 0 Å². The van der Waals surface area contributed by atoms with Gasteiger partial charge in [0.25, 0.3) is 0 Å². The van der Waals surface area contributed by atoms with Crippen LogP contribution in [0.4, 0.5) is 0 Å². The summed E-state index contributed by atoms with van der Waals surface area (Å²) in [5, 5.41) is 3.53. The standard InChI is InChI=1S/C12H19N3/c13-12(10-4-3-7-14-8-10)9-15-11-5-1-2-6-11/h3-4,7-8,11-12,15H,1-2,5-6,9,13H2. The highest BCUT2D eigenvalue weighted by atomic mass is 14.9. The van der Waals surface area contributed by atoms with Crippen LogP contribution in [0.25, 0.3) is 0 Å². The van der Waals surface area contributed by atoms with E-state index in [1.165, 1.54) is 25.7 Å². The van der Waals surface area contributed by atoms with E-state index in [0.717, 1.165) is 12.1 Å². The number of rotatable bonds is 4.